The summed E-state index contributed by atoms with van der Waals surface area (Å²) in [5, 5.41) is 8.14. The molecule has 0 radical (unpaired) electrons. The molecule has 4 aromatic rings. The Morgan fingerprint density at radius 2 is 1.78 bits per heavy atom. The van der Waals surface area contributed by atoms with Crippen molar-refractivity contribution in [3.05, 3.63) is 83.0 Å². The van der Waals surface area contributed by atoms with E-state index in [-0.39, 0.29) is 0 Å². The van der Waals surface area contributed by atoms with Crippen molar-refractivity contribution in [2.75, 3.05) is 5.32 Å². The van der Waals surface area contributed by atoms with Crippen molar-refractivity contribution in [1.82, 2.24) is 15.1 Å². The molecule has 0 bridgehead atoms. The van der Waals surface area contributed by atoms with Gasteiger partial charge in [0, 0.05) is 23.3 Å². The van der Waals surface area contributed by atoms with Gasteiger partial charge in [-0.1, -0.05) is 58.7 Å². The number of aromatic nitrogens is 3. The Morgan fingerprint density at radius 1 is 1.00 bits per heavy atom. The van der Waals surface area contributed by atoms with Gasteiger partial charge in [0.05, 0.1) is 5.56 Å². The zero-order valence-corrected chi connectivity index (χ0v) is 15.4. The summed E-state index contributed by atoms with van der Waals surface area (Å²) in [7, 11) is 0. The molecule has 134 valence electrons. The van der Waals surface area contributed by atoms with Crippen LogP contribution in [-0.4, -0.2) is 15.1 Å². The van der Waals surface area contributed by atoms with E-state index in [1.165, 1.54) is 5.56 Å². The van der Waals surface area contributed by atoms with E-state index in [0.29, 0.717) is 29.1 Å². The highest BCUT2D eigenvalue weighted by Gasteiger charge is 2.14. The summed E-state index contributed by atoms with van der Waals surface area (Å²) in [5.41, 5.74) is 3.96. The van der Waals surface area contributed by atoms with Crippen LogP contribution in [0, 0.1) is 6.92 Å². The molecule has 0 saturated carbocycles. The summed E-state index contributed by atoms with van der Waals surface area (Å²) >= 11 is 5.94. The normalized spacial score (nSPS) is 10.7. The van der Waals surface area contributed by atoms with Crippen molar-refractivity contribution < 1.29 is 4.52 Å². The number of pyridine rings is 1. The third kappa shape index (κ3) is 3.99. The summed E-state index contributed by atoms with van der Waals surface area (Å²) in [6, 6.07) is 19.4. The minimum absolute atomic E-state index is 0.428. The fourth-order valence-electron chi connectivity index (χ4n) is 2.66. The zero-order chi connectivity index (χ0) is 18.6. The number of aryl methyl sites for hydroxylation is 1. The quantitative estimate of drug-likeness (QED) is 0.507. The average molecular weight is 377 g/mol. The van der Waals surface area contributed by atoms with Crippen LogP contribution in [-0.2, 0) is 6.54 Å². The van der Waals surface area contributed by atoms with Crippen LogP contribution in [0.5, 0.6) is 0 Å². The lowest BCUT2D eigenvalue weighted by Crippen LogP contribution is -2.02. The van der Waals surface area contributed by atoms with E-state index in [4.69, 9.17) is 16.1 Å². The molecular weight excluding hydrogens is 360 g/mol. The van der Waals surface area contributed by atoms with Gasteiger partial charge in [-0.3, -0.25) is 0 Å². The molecule has 27 heavy (non-hydrogen) atoms. The van der Waals surface area contributed by atoms with E-state index in [1.807, 2.05) is 67.6 Å². The summed E-state index contributed by atoms with van der Waals surface area (Å²) in [4.78, 5) is 8.95. The minimum Gasteiger partial charge on any atom is -0.365 e. The van der Waals surface area contributed by atoms with Crippen LogP contribution in [0.1, 0.15) is 11.1 Å². The molecule has 0 aliphatic heterocycles. The Morgan fingerprint density at radius 3 is 2.56 bits per heavy atom. The molecule has 1 N–H and O–H groups in total. The third-order valence-corrected chi connectivity index (χ3v) is 4.40. The van der Waals surface area contributed by atoms with Crippen LogP contribution in [0.2, 0.25) is 5.02 Å². The molecule has 0 aliphatic carbocycles. The summed E-state index contributed by atoms with van der Waals surface area (Å²) < 4.78 is 5.49. The minimum atomic E-state index is 0.428. The first-order valence-corrected chi connectivity index (χ1v) is 8.91. The number of benzene rings is 2. The molecule has 0 atom stereocenters. The smallest absolute Gasteiger partial charge is 0.261 e. The molecule has 0 amide bonds. The fraction of sp³-hybridized carbons (Fsp3) is 0.0952. The first-order chi connectivity index (χ1) is 13.2. The number of hydrogen-bond acceptors (Lipinski definition) is 5. The monoisotopic (exact) mass is 376 g/mol. The van der Waals surface area contributed by atoms with Gasteiger partial charge >= 0.3 is 0 Å². The Labute approximate surface area is 162 Å². The second kappa shape index (κ2) is 7.60. The standard InChI is InChI=1S/C21H17ClN4O/c1-14-4-8-16(9-5-14)19-25-21(27-26-19)18-3-2-12-23-20(18)24-13-15-6-10-17(22)11-7-15/h2-12H,13H2,1H3,(H,23,24). The topological polar surface area (TPSA) is 63.8 Å². The summed E-state index contributed by atoms with van der Waals surface area (Å²) in [6.07, 6.45) is 1.73. The van der Waals surface area contributed by atoms with Gasteiger partial charge in [-0.2, -0.15) is 4.98 Å². The van der Waals surface area contributed by atoms with Gasteiger partial charge in [0.1, 0.15) is 5.82 Å². The van der Waals surface area contributed by atoms with E-state index in [9.17, 15) is 0 Å². The van der Waals surface area contributed by atoms with Crippen LogP contribution in [0.25, 0.3) is 22.8 Å². The maximum absolute atomic E-state index is 5.94. The van der Waals surface area contributed by atoms with Crippen molar-refractivity contribution in [2.45, 2.75) is 13.5 Å². The molecule has 0 saturated heterocycles. The predicted molar refractivity (Wildman–Crippen MR) is 106 cm³/mol. The number of nitrogens with one attached hydrogen (secondary N) is 1. The third-order valence-electron chi connectivity index (χ3n) is 4.15. The molecule has 5 nitrogen and oxygen atoms in total. The van der Waals surface area contributed by atoms with E-state index >= 15 is 0 Å². The molecule has 4 rings (SSSR count). The summed E-state index contributed by atoms with van der Waals surface area (Å²) in [6.45, 7) is 2.65. The SMILES string of the molecule is Cc1ccc(-c2noc(-c3cccnc3NCc3ccc(Cl)cc3)n2)cc1. The Kier molecular flexibility index (Phi) is 4.85. The highest BCUT2D eigenvalue weighted by Crippen LogP contribution is 2.27. The van der Waals surface area contributed by atoms with Gasteiger partial charge in [-0.25, -0.2) is 4.98 Å². The Hall–Kier alpha value is -3.18. The molecule has 0 unspecified atom stereocenters. The maximum Gasteiger partial charge on any atom is 0.261 e. The predicted octanol–water partition coefficient (Wildman–Crippen LogP) is 5.37. The van der Waals surface area contributed by atoms with Crippen LogP contribution in [0.3, 0.4) is 0 Å². The van der Waals surface area contributed by atoms with Crippen molar-refractivity contribution in [3.63, 3.8) is 0 Å². The lowest BCUT2D eigenvalue weighted by Gasteiger charge is -2.08. The van der Waals surface area contributed by atoms with Gasteiger partial charge in [0.2, 0.25) is 5.82 Å². The number of hydrogen-bond donors (Lipinski definition) is 1. The molecule has 2 heterocycles. The van der Waals surface area contributed by atoms with Crippen molar-refractivity contribution >= 4 is 17.4 Å². The van der Waals surface area contributed by atoms with Gasteiger partial charge in [0.15, 0.2) is 0 Å². The maximum atomic E-state index is 5.94. The van der Waals surface area contributed by atoms with E-state index in [0.717, 1.165) is 16.7 Å². The molecule has 0 fully saturated rings. The Balaban J connectivity index is 1.57. The van der Waals surface area contributed by atoms with E-state index in [1.54, 1.807) is 6.20 Å². The highest BCUT2D eigenvalue weighted by atomic mass is 35.5. The first-order valence-electron chi connectivity index (χ1n) is 8.53. The van der Waals surface area contributed by atoms with Crippen molar-refractivity contribution in [3.8, 4) is 22.8 Å². The second-order valence-corrected chi connectivity index (χ2v) is 6.61. The van der Waals surface area contributed by atoms with Crippen LogP contribution >= 0.6 is 11.6 Å². The van der Waals surface area contributed by atoms with Crippen LogP contribution in [0.4, 0.5) is 5.82 Å². The van der Waals surface area contributed by atoms with Crippen LogP contribution in [0.15, 0.2) is 71.4 Å². The molecule has 6 heteroatoms. The Bertz CT molecular complexity index is 1040. The number of rotatable bonds is 5. The molecule has 0 spiro atoms. The highest BCUT2D eigenvalue weighted by molar-refractivity contribution is 6.30. The van der Waals surface area contributed by atoms with Gasteiger partial charge in [0.25, 0.3) is 5.89 Å². The van der Waals surface area contributed by atoms with E-state index < -0.39 is 0 Å². The fourth-order valence-corrected chi connectivity index (χ4v) is 2.79. The first kappa shape index (κ1) is 17.2. The van der Waals surface area contributed by atoms with Crippen LogP contribution < -0.4 is 5.32 Å². The largest absolute Gasteiger partial charge is 0.365 e. The summed E-state index contributed by atoms with van der Waals surface area (Å²) in [5.74, 6) is 1.67. The molecule has 2 aromatic carbocycles. The van der Waals surface area contributed by atoms with Crippen molar-refractivity contribution in [1.29, 1.82) is 0 Å². The van der Waals surface area contributed by atoms with Crippen molar-refractivity contribution in [2.24, 2.45) is 0 Å². The molecule has 0 aliphatic rings. The lowest BCUT2D eigenvalue weighted by molar-refractivity contribution is 0.432. The van der Waals surface area contributed by atoms with Gasteiger partial charge < -0.3 is 9.84 Å². The lowest BCUT2D eigenvalue weighted by atomic mass is 10.1. The van der Waals surface area contributed by atoms with E-state index in [2.05, 4.69) is 20.4 Å². The zero-order valence-electron chi connectivity index (χ0n) is 14.7. The van der Waals surface area contributed by atoms with Gasteiger partial charge in [-0.05, 0) is 36.8 Å². The number of halogens is 1. The number of anilines is 1. The average Bonchev–Trinajstić information content (AvgIpc) is 3.18. The number of nitrogens with zero attached hydrogens (tertiary/aromatic N) is 3. The molecule has 2 aromatic heterocycles. The molecular formula is C21H17ClN4O. The second-order valence-electron chi connectivity index (χ2n) is 6.17. The van der Waals surface area contributed by atoms with Gasteiger partial charge in [-0.15, -0.1) is 0 Å².